The molecule has 3 unspecified atom stereocenters. The monoisotopic (exact) mass is 857 g/mol. The lowest BCUT2D eigenvalue weighted by Gasteiger charge is -2.62. The Hall–Kier alpha value is -4.66. The summed E-state index contributed by atoms with van der Waals surface area (Å²) in [4.78, 5) is 79.6. The lowest BCUT2D eigenvalue weighted by molar-refractivity contribution is -0.385. The van der Waals surface area contributed by atoms with Crippen molar-refractivity contribution in [1.29, 1.82) is 0 Å². The summed E-state index contributed by atoms with van der Waals surface area (Å²) in [6, 6.07) is 3.57. The summed E-state index contributed by atoms with van der Waals surface area (Å²) in [5.74, 6) is -0.0510. The van der Waals surface area contributed by atoms with E-state index in [-0.39, 0.29) is 64.1 Å². The van der Waals surface area contributed by atoms with E-state index in [2.05, 4.69) is 28.1 Å². The van der Waals surface area contributed by atoms with Gasteiger partial charge in [0.05, 0.1) is 34.7 Å². The predicted octanol–water partition coefficient (Wildman–Crippen LogP) is 6.95. The summed E-state index contributed by atoms with van der Waals surface area (Å²) < 4.78 is 11.8. The zero-order chi connectivity index (χ0) is 43.2. The van der Waals surface area contributed by atoms with E-state index in [0.717, 1.165) is 70.0 Å². The molecule has 0 saturated carbocycles. The Bertz CT molecular complexity index is 2080. The van der Waals surface area contributed by atoms with Crippen LogP contribution in [0.3, 0.4) is 0 Å². The Balaban J connectivity index is 0.768. The number of piperidine rings is 2. The standard InChI is InChI=1S/C46H59N5O9S/c1-43(2)35-27-45-22-15-24-50(45)41(55)46(35,49-40(45)54)26-31(39(43)53)29-18-19-33-30(38(29)51(57)58)20-23-44(3,60-33)21-13-9-7-5-4-6-8-10-14-25-59-36(52)17-12-11-16-34-37-32(28-61-34)47-42(56)48-37/h9,13,18-20,23,26,32,34-35,37H,4-8,10-12,14-17,21-22,24-25,27-28H2,1-3H3,(H,49,54)(H2,47,48,56)/b13-9+/t32-,34-,35?,37-,44?,45?,46-/m0/s1. The highest BCUT2D eigenvalue weighted by Gasteiger charge is 2.73. The van der Waals surface area contributed by atoms with Gasteiger partial charge in [-0.1, -0.05) is 58.1 Å². The molecular formula is C46H59N5O9S. The number of fused-ring (bicyclic) bond motifs is 3. The number of rotatable bonds is 18. The lowest BCUT2D eigenvalue weighted by atomic mass is 9.51. The molecule has 1 aliphatic carbocycles. The molecule has 7 heterocycles. The number of piperazine rings is 1. The van der Waals surface area contributed by atoms with Crippen LogP contribution in [-0.2, 0) is 23.9 Å². The molecule has 3 N–H and O–H groups in total. The van der Waals surface area contributed by atoms with Gasteiger partial charge >= 0.3 is 12.0 Å². The van der Waals surface area contributed by atoms with Gasteiger partial charge in [-0.25, -0.2) is 4.79 Å². The molecule has 7 aliphatic heterocycles. The van der Waals surface area contributed by atoms with E-state index in [0.29, 0.717) is 56.3 Å². The number of benzene rings is 1. The van der Waals surface area contributed by atoms with Gasteiger partial charge in [-0.2, -0.15) is 11.8 Å². The van der Waals surface area contributed by atoms with Crippen molar-refractivity contribution in [1.82, 2.24) is 20.9 Å². The van der Waals surface area contributed by atoms with Gasteiger partial charge in [0, 0.05) is 47.3 Å². The molecule has 0 aromatic heterocycles. The maximum atomic E-state index is 14.3. The van der Waals surface area contributed by atoms with Gasteiger partial charge in [0.2, 0.25) is 5.91 Å². The number of ether oxygens (including phenoxy) is 2. The molecule has 328 valence electrons. The first-order chi connectivity index (χ1) is 29.2. The second-order valence-electron chi connectivity index (χ2n) is 18.8. The van der Waals surface area contributed by atoms with E-state index in [9.17, 15) is 34.1 Å². The molecule has 2 bridgehead atoms. The number of unbranched alkanes of at least 4 members (excludes halogenated alkanes) is 7. The average Bonchev–Trinajstić information content (AvgIpc) is 3.94. The van der Waals surface area contributed by atoms with Crippen molar-refractivity contribution in [3.05, 3.63) is 57.7 Å². The van der Waals surface area contributed by atoms with E-state index in [1.807, 2.05) is 24.8 Å². The van der Waals surface area contributed by atoms with Crippen molar-refractivity contribution < 1.29 is 38.4 Å². The number of thioether (sulfide) groups is 1. The Morgan fingerprint density at radius 3 is 2.62 bits per heavy atom. The van der Waals surface area contributed by atoms with Crippen LogP contribution in [0.25, 0.3) is 11.6 Å². The summed E-state index contributed by atoms with van der Waals surface area (Å²) in [5.41, 5.74) is -4.01. The molecule has 9 rings (SSSR count). The number of allylic oxidation sites excluding steroid dienone is 2. The van der Waals surface area contributed by atoms with Crippen LogP contribution in [-0.4, -0.2) is 92.3 Å². The van der Waals surface area contributed by atoms with Crippen LogP contribution >= 0.6 is 11.8 Å². The normalized spacial score (nSPS) is 31.5. The molecule has 8 aliphatic rings. The minimum atomic E-state index is -1.45. The molecule has 15 heteroatoms. The van der Waals surface area contributed by atoms with Crippen molar-refractivity contribution in [2.75, 3.05) is 18.9 Å². The quantitative estimate of drug-likeness (QED) is 0.0349. The summed E-state index contributed by atoms with van der Waals surface area (Å²) in [7, 11) is 0. The first kappa shape index (κ1) is 43.0. The van der Waals surface area contributed by atoms with Crippen LogP contribution in [0.4, 0.5) is 10.5 Å². The molecule has 6 fully saturated rings. The number of nitrogens with zero attached hydrogens (tertiary/aromatic N) is 2. The number of hydrogen-bond donors (Lipinski definition) is 3. The average molecular weight is 858 g/mol. The van der Waals surface area contributed by atoms with Gasteiger partial charge in [0.15, 0.2) is 5.78 Å². The molecule has 14 nitrogen and oxygen atoms in total. The topological polar surface area (TPSA) is 186 Å². The fraction of sp³-hybridized carbons (Fsp3) is 0.630. The molecule has 1 aromatic rings. The Kier molecular flexibility index (Phi) is 11.9. The smallest absolute Gasteiger partial charge is 0.315 e. The minimum Gasteiger partial charge on any atom is -0.482 e. The van der Waals surface area contributed by atoms with E-state index in [1.54, 1.807) is 37.0 Å². The van der Waals surface area contributed by atoms with Crippen LogP contribution in [0.15, 0.2) is 36.4 Å². The molecule has 6 saturated heterocycles. The molecular weight excluding hydrogens is 799 g/mol. The van der Waals surface area contributed by atoms with E-state index in [4.69, 9.17) is 9.47 Å². The Morgan fingerprint density at radius 2 is 1.82 bits per heavy atom. The second kappa shape index (κ2) is 16.9. The highest BCUT2D eigenvalue weighted by atomic mass is 32.2. The molecule has 61 heavy (non-hydrogen) atoms. The number of carbonyl (C=O) groups excluding carboxylic acids is 5. The summed E-state index contributed by atoms with van der Waals surface area (Å²) in [6.07, 6.45) is 21.9. The number of ketones is 1. The van der Waals surface area contributed by atoms with Crippen molar-refractivity contribution in [3.8, 4) is 5.75 Å². The third kappa shape index (κ3) is 7.88. The van der Waals surface area contributed by atoms with E-state index >= 15 is 0 Å². The van der Waals surface area contributed by atoms with E-state index < -0.39 is 32.9 Å². The zero-order valence-electron chi connectivity index (χ0n) is 35.6. The number of Topliss-reactive ketones (excluding diaryl/α,β-unsaturated/α-hetero) is 1. The molecule has 2 spiro atoms. The third-order valence-corrected chi connectivity index (χ3v) is 15.9. The number of esters is 1. The fourth-order valence-corrected chi connectivity index (χ4v) is 12.5. The first-order valence-corrected chi connectivity index (χ1v) is 23.4. The first-order valence-electron chi connectivity index (χ1n) is 22.3. The highest BCUT2D eigenvalue weighted by molar-refractivity contribution is 8.00. The fourth-order valence-electron chi connectivity index (χ4n) is 11.0. The van der Waals surface area contributed by atoms with Gasteiger partial charge in [-0.15, -0.1) is 0 Å². The zero-order valence-corrected chi connectivity index (χ0v) is 36.4. The number of urea groups is 1. The van der Waals surface area contributed by atoms with Crippen molar-refractivity contribution in [2.24, 2.45) is 11.3 Å². The Labute approximate surface area is 361 Å². The van der Waals surface area contributed by atoms with Crippen molar-refractivity contribution in [3.63, 3.8) is 0 Å². The minimum absolute atomic E-state index is 0.0688. The van der Waals surface area contributed by atoms with Crippen LogP contribution in [0, 0.1) is 21.4 Å². The van der Waals surface area contributed by atoms with Crippen LogP contribution in [0.1, 0.15) is 128 Å². The number of nitrogens with one attached hydrogen (secondary N) is 3. The molecule has 7 atom stereocenters. The lowest BCUT2D eigenvalue weighted by Crippen LogP contribution is -2.83. The molecule has 4 amide bonds. The highest BCUT2D eigenvalue weighted by Crippen LogP contribution is 2.59. The van der Waals surface area contributed by atoms with Gasteiger partial charge in [0.1, 0.15) is 22.4 Å². The Morgan fingerprint density at radius 1 is 1.03 bits per heavy atom. The SMILES string of the molecule is CC1(C/C=C/CCCCCCCCOC(=O)CCCC[C@@H]2SC[C@@H]3NC(=O)N[C@@H]32)C=Cc2c(ccc(C3=C[C@@]45NC(=O)C6(CCCN6C4=O)CC5C(C)(C)C3=O)c2[N+](=O)[O-])O1. The number of amides is 4. The third-order valence-electron chi connectivity index (χ3n) is 14.4. The van der Waals surface area contributed by atoms with Gasteiger partial charge in [-0.05, 0) is 88.7 Å². The van der Waals surface area contributed by atoms with Gasteiger partial charge in [-0.3, -0.25) is 29.3 Å². The van der Waals surface area contributed by atoms with Gasteiger partial charge < -0.3 is 30.3 Å². The van der Waals surface area contributed by atoms with Crippen molar-refractivity contribution >= 4 is 58.7 Å². The van der Waals surface area contributed by atoms with Crippen LogP contribution in [0.2, 0.25) is 0 Å². The maximum absolute atomic E-state index is 14.3. The molecule has 0 radical (unpaired) electrons. The van der Waals surface area contributed by atoms with Crippen LogP contribution in [0.5, 0.6) is 5.75 Å². The summed E-state index contributed by atoms with van der Waals surface area (Å²) in [6.45, 7) is 6.45. The van der Waals surface area contributed by atoms with Crippen LogP contribution < -0.4 is 20.7 Å². The number of nitro groups is 1. The molecule has 1 aromatic carbocycles. The largest absolute Gasteiger partial charge is 0.482 e. The summed E-state index contributed by atoms with van der Waals surface area (Å²) in [5, 5.41) is 22.2. The second-order valence-corrected chi connectivity index (χ2v) is 20.1. The summed E-state index contributed by atoms with van der Waals surface area (Å²) >= 11 is 1.90. The predicted molar refractivity (Wildman–Crippen MR) is 232 cm³/mol. The number of carbonyl (C=O) groups is 5. The van der Waals surface area contributed by atoms with Crippen molar-refractivity contribution in [2.45, 2.75) is 151 Å². The van der Waals surface area contributed by atoms with Gasteiger partial charge in [0.25, 0.3) is 11.6 Å². The number of hydrogen-bond acceptors (Lipinski definition) is 10. The van der Waals surface area contributed by atoms with E-state index in [1.165, 1.54) is 6.08 Å². The number of nitro benzene ring substituents is 1. The maximum Gasteiger partial charge on any atom is 0.315 e.